The first-order valence-electron chi connectivity index (χ1n) is 9.43. The Kier molecular flexibility index (Phi) is 4.94. The molecule has 0 aliphatic carbocycles. The van der Waals surface area contributed by atoms with Crippen molar-refractivity contribution in [2.45, 2.75) is 19.4 Å². The van der Waals surface area contributed by atoms with E-state index in [0.29, 0.717) is 18.5 Å². The molecule has 0 spiro atoms. The molecule has 4 nitrogen and oxygen atoms in total. The van der Waals surface area contributed by atoms with E-state index in [1.54, 1.807) is 4.90 Å². The number of aryl methyl sites for hydroxylation is 1. The monoisotopic (exact) mass is 370 g/mol. The fourth-order valence-corrected chi connectivity index (χ4v) is 3.49. The topological polar surface area (TPSA) is 49.4 Å². The van der Waals surface area contributed by atoms with Crippen LogP contribution in [0.2, 0.25) is 0 Å². The van der Waals surface area contributed by atoms with Crippen molar-refractivity contribution in [3.8, 4) is 11.1 Å². The standard InChI is InChI=1S/C24H22N2O2/c1-17-7-13-22(14-8-17)26-16-21(15-23(26)27)25-24(28)20-11-9-19(10-12-20)18-5-3-2-4-6-18/h2-14,21H,15-16H2,1H3,(H,25,28). The Hall–Kier alpha value is -3.40. The molecule has 1 heterocycles. The third-order valence-corrected chi connectivity index (χ3v) is 5.06. The predicted molar refractivity (Wildman–Crippen MR) is 111 cm³/mol. The fraction of sp³-hybridized carbons (Fsp3) is 0.167. The third kappa shape index (κ3) is 3.81. The van der Waals surface area contributed by atoms with Crippen LogP contribution in [-0.4, -0.2) is 24.4 Å². The molecule has 0 radical (unpaired) electrons. The summed E-state index contributed by atoms with van der Waals surface area (Å²) >= 11 is 0. The van der Waals surface area contributed by atoms with Crippen molar-refractivity contribution < 1.29 is 9.59 Å². The van der Waals surface area contributed by atoms with Gasteiger partial charge in [-0.25, -0.2) is 0 Å². The first-order chi connectivity index (χ1) is 13.6. The molecule has 28 heavy (non-hydrogen) atoms. The first kappa shape index (κ1) is 18.0. The van der Waals surface area contributed by atoms with Crippen LogP contribution in [0.15, 0.2) is 78.9 Å². The van der Waals surface area contributed by atoms with Gasteiger partial charge in [0.05, 0.1) is 6.04 Å². The van der Waals surface area contributed by atoms with Crippen LogP contribution in [0.25, 0.3) is 11.1 Å². The summed E-state index contributed by atoms with van der Waals surface area (Å²) in [5.41, 5.74) is 4.81. The van der Waals surface area contributed by atoms with Crippen LogP contribution >= 0.6 is 0 Å². The maximum Gasteiger partial charge on any atom is 0.251 e. The Morgan fingerprint density at radius 2 is 1.54 bits per heavy atom. The van der Waals surface area contributed by atoms with Crippen molar-refractivity contribution in [3.63, 3.8) is 0 Å². The van der Waals surface area contributed by atoms with Gasteiger partial charge in [-0.3, -0.25) is 9.59 Å². The van der Waals surface area contributed by atoms with Gasteiger partial charge in [-0.1, -0.05) is 60.2 Å². The second kappa shape index (κ2) is 7.69. The van der Waals surface area contributed by atoms with E-state index in [4.69, 9.17) is 0 Å². The molecular formula is C24H22N2O2. The van der Waals surface area contributed by atoms with Crippen LogP contribution in [0.1, 0.15) is 22.3 Å². The van der Waals surface area contributed by atoms with Gasteiger partial charge in [-0.2, -0.15) is 0 Å². The van der Waals surface area contributed by atoms with Crippen molar-refractivity contribution >= 4 is 17.5 Å². The molecule has 1 aliphatic heterocycles. The molecule has 4 heteroatoms. The van der Waals surface area contributed by atoms with Crippen LogP contribution in [0.4, 0.5) is 5.69 Å². The Bertz CT molecular complexity index is 979. The van der Waals surface area contributed by atoms with E-state index in [1.165, 1.54) is 0 Å². The number of carbonyl (C=O) groups is 2. The van der Waals surface area contributed by atoms with Crippen molar-refractivity contribution in [1.82, 2.24) is 5.32 Å². The lowest BCUT2D eigenvalue weighted by Gasteiger charge is -2.17. The Morgan fingerprint density at radius 1 is 0.893 bits per heavy atom. The minimum Gasteiger partial charge on any atom is -0.347 e. The molecule has 1 N–H and O–H groups in total. The van der Waals surface area contributed by atoms with E-state index in [1.807, 2.05) is 85.8 Å². The molecule has 1 fully saturated rings. The average Bonchev–Trinajstić information content (AvgIpc) is 3.09. The molecule has 1 aliphatic rings. The summed E-state index contributed by atoms with van der Waals surface area (Å²) in [7, 11) is 0. The minimum absolute atomic E-state index is 0.0357. The van der Waals surface area contributed by atoms with Gasteiger partial charge < -0.3 is 10.2 Å². The van der Waals surface area contributed by atoms with E-state index in [0.717, 1.165) is 22.4 Å². The Balaban J connectivity index is 1.41. The lowest BCUT2D eigenvalue weighted by Crippen LogP contribution is -2.37. The molecular weight excluding hydrogens is 348 g/mol. The smallest absolute Gasteiger partial charge is 0.251 e. The molecule has 0 saturated carbocycles. The minimum atomic E-state index is -0.185. The van der Waals surface area contributed by atoms with E-state index in [9.17, 15) is 9.59 Å². The lowest BCUT2D eigenvalue weighted by molar-refractivity contribution is -0.117. The number of nitrogens with zero attached hydrogens (tertiary/aromatic N) is 1. The van der Waals surface area contributed by atoms with Crippen LogP contribution in [0.3, 0.4) is 0 Å². The summed E-state index contributed by atoms with van der Waals surface area (Å²) in [5.74, 6) is -0.114. The summed E-state index contributed by atoms with van der Waals surface area (Å²) in [5, 5.41) is 2.99. The summed E-state index contributed by atoms with van der Waals surface area (Å²) < 4.78 is 0. The van der Waals surface area contributed by atoms with Crippen LogP contribution in [-0.2, 0) is 4.79 Å². The quantitative estimate of drug-likeness (QED) is 0.748. The van der Waals surface area contributed by atoms with Gasteiger partial charge in [0.25, 0.3) is 5.91 Å². The number of hydrogen-bond donors (Lipinski definition) is 1. The van der Waals surface area contributed by atoms with Gasteiger partial charge in [0, 0.05) is 24.2 Å². The number of nitrogens with one attached hydrogen (secondary N) is 1. The Morgan fingerprint density at radius 3 is 2.21 bits per heavy atom. The highest BCUT2D eigenvalue weighted by Gasteiger charge is 2.31. The summed E-state index contributed by atoms with van der Waals surface area (Å²) in [6.45, 7) is 2.51. The molecule has 1 unspecified atom stereocenters. The zero-order valence-corrected chi connectivity index (χ0v) is 15.8. The van der Waals surface area contributed by atoms with Crippen molar-refractivity contribution in [2.75, 3.05) is 11.4 Å². The zero-order chi connectivity index (χ0) is 19.5. The van der Waals surface area contributed by atoms with Gasteiger partial charge in [0.2, 0.25) is 5.91 Å². The first-order valence-corrected chi connectivity index (χ1v) is 9.43. The van der Waals surface area contributed by atoms with Crippen molar-refractivity contribution in [3.05, 3.63) is 90.0 Å². The average molecular weight is 370 g/mol. The molecule has 3 aromatic rings. The van der Waals surface area contributed by atoms with Crippen LogP contribution in [0.5, 0.6) is 0 Å². The number of hydrogen-bond acceptors (Lipinski definition) is 2. The van der Waals surface area contributed by atoms with Gasteiger partial charge >= 0.3 is 0 Å². The second-order valence-electron chi connectivity index (χ2n) is 7.16. The zero-order valence-electron chi connectivity index (χ0n) is 15.8. The highest BCUT2D eigenvalue weighted by atomic mass is 16.2. The number of rotatable bonds is 4. The largest absolute Gasteiger partial charge is 0.347 e. The highest BCUT2D eigenvalue weighted by molar-refractivity contribution is 5.99. The molecule has 1 atom stereocenters. The molecule has 1 saturated heterocycles. The van der Waals surface area contributed by atoms with E-state index in [-0.39, 0.29) is 17.9 Å². The predicted octanol–water partition coefficient (Wildman–Crippen LogP) is 4.20. The SMILES string of the molecule is Cc1ccc(N2CC(NC(=O)c3ccc(-c4ccccc4)cc3)CC2=O)cc1. The summed E-state index contributed by atoms with van der Waals surface area (Å²) in [6.07, 6.45) is 0.321. The molecule has 2 amide bonds. The molecule has 0 aromatic heterocycles. The number of benzene rings is 3. The van der Waals surface area contributed by atoms with Crippen LogP contribution in [0, 0.1) is 6.92 Å². The molecule has 0 bridgehead atoms. The Labute approximate surface area is 164 Å². The van der Waals surface area contributed by atoms with Gasteiger partial charge in [-0.05, 0) is 42.3 Å². The fourth-order valence-electron chi connectivity index (χ4n) is 3.49. The number of carbonyl (C=O) groups excluding carboxylic acids is 2. The van der Waals surface area contributed by atoms with Gasteiger partial charge in [0.1, 0.15) is 0 Å². The van der Waals surface area contributed by atoms with E-state index >= 15 is 0 Å². The normalized spacial score (nSPS) is 16.2. The van der Waals surface area contributed by atoms with Crippen molar-refractivity contribution in [1.29, 1.82) is 0 Å². The van der Waals surface area contributed by atoms with Crippen LogP contribution < -0.4 is 10.2 Å². The third-order valence-electron chi connectivity index (χ3n) is 5.06. The molecule has 4 rings (SSSR count). The number of anilines is 1. The summed E-state index contributed by atoms with van der Waals surface area (Å²) in [4.78, 5) is 26.7. The maximum atomic E-state index is 12.6. The van der Waals surface area contributed by atoms with Gasteiger partial charge in [0.15, 0.2) is 0 Å². The van der Waals surface area contributed by atoms with E-state index < -0.39 is 0 Å². The highest BCUT2D eigenvalue weighted by Crippen LogP contribution is 2.23. The number of amides is 2. The van der Waals surface area contributed by atoms with Crippen molar-refractivity contribution in [2.24, 2.45) is 0 Å². The molecule has 3 aromatic carbocycles. The van der Waals surface area contributed by atoms with E-state index in [2.05, 4.69) is 5.32 Å². The second-order valence-corrected chi connectivity index (χ2v) is 7.16. The lowest BCUT2D eigenvalue weighted by atomic mass is 10.0. The summed E-state index contributed by atoms with van der Waals surface area (Å²) in [6, 6.07) is 25.3. The molecule has 140 valence electrons. The maximum absolute atomic E-state index is 12.6. The van der Waals surface area contributed by atoms with Gasteiger partial charge in [-0.15, -0.1) is 0 Å².